The van der Waals surface area contributed by atoms with Crippen molar-refractivity contribution in [2.45, 2.75) is 43.7 Å². The molecule has 2 aromatic rings. The highest BCUT2D eigenvalue weighted by Crippen LogP contribution is 2.52. The van der Waals surface area contributed by atoms with Crippen LogP contribution in [0.4, 0.5) is 0 Å². The maximum atomic E-state index is 12.4. The van der Waals surface area contributed by atoms with Gasteiger partial charge in [-0.15, -0.1) is 0 Å². The molecule has 1 aliphatic heterocycles. The van der Waals surface area contributed by atoms with Crippen LogP contribution in [-0.4, -0.2) is 64.0 Å². The Morgan fingerprint density at radius 2 is 1.83 bits per heavy atom. The van der Waals surface area contributed by atoms with Crippen LogP contribution in [0.2, 0.25) is 0 Å². The summed E-state index contributed by atoms with van der Waals surface area (Å²) in [4.78, 5) is 14.9. The van der Waals surface area contributed by atoms with Crippen LogP contribution in [0.3, 0.4) is 0 Å². The molecule has 1 fully saturated rings. The lowest BCUT2D eigenvalue weighted by atomic mass is 9.72. The lowest BCUT2D eigenvalue weighted by Crippen LogP contribution is -2.51. The number of amides is 1. The first-order valence-corrected chi connectivity index (χ1v) is 12.6. The van der Waals surface area contributed by atoms with Gasteiger partial charge in [0, 0.05) is 25.5 Å². The van der Waals surface area contributed by atoms with E-state index in [1.165, 1.54) is 16.7 Å². The molecule has 0 radical (unpaired) electrons. The van der Waals surface area contributed by atoms with E-state index >= 15 is 0 Å². The molecular weight excluding hydrogens is 440 g/mol. The van der Waals surface area contributed by atoms with Gasteiger partial charge in [0.1, 0.15) is 5.75 Å². The normalized spacial score (nSPS) is 21.3. The van der Waals surface area contributed by atoms with Gasteiger partial charge in [0.15, 0.2) is 0 Å². The number of carbonyl (C=O) groups excluding carboxylic acids is 1. The van der Waals surface area contributed by atoms with E-state index in [-0.39, 0.29) is 23.5 Å². The molecule has 0 saturated carbocycles. The molecule has 0 unspecified atom stereocenters. The van der Waals surface area contributed by atoms with Gasteiger partial charge in [-0.05, 0) is 54.8 Å². The van der Waals surface area contributed by atoms with Crippen LogP contribution in [-0.2, 0) is 19.7 Å². The van der Waals surface area contributed by atoms with E-state index in [1.807, 2.05) is 19.1 Å². The molecule has 1 spiro atoms. The third-order valence-corrected chi connectivity index (χ3v) is 7.44. The van der Waals surface area contributed by atoms with Crippen molar-refractivity contribution in [2.24, 2.45) is 0 Å². The smallest absolute Gasteiger partial charge is 0.220 e. The number of likely N-dealkylation sites (tertiary alicyclic amines) is 1. The van der Waals surface area contributed by atoms with Crippen LogP contribution in [0.5, 0.6) is 5.75 Å². The molecule has 188 valence electrons. The van der Waals surface area contributed by atoms with Gasteiger partial charge in [-0.3, -0.25) is 9.69 Å². The minimum atomic E-state index is -0.128. The summed E-state index contributed by atoms with van der Waals surface area (Å²) in [5.74, 6) is 0.930. The molecule has 2 atom stereocenters. The van der Waals surface area contributed by atoms with Crippen molar-refractivity contribution in [3.05, 3.63) is 71.3 Å². The molecule has 1 aliphatic carbocycles. The Morgan fingerprint density at radius 1 is 1.09 bits per heavy atom. The maximum Gasteiger partial charge on any atom is 0.220 e. The van der Waals surface area contributed by atoms with E-state index in [0.29, 0.717) is 19.6 Å². The van der Waals surface area contributed by atoms with Crippen molar-refractivity contribution in [1.82, 2.24) is 10.2 Å². The van der Waals surface area contributed by atoms with Gasteiger partial charge in [-0.2, -0.15) is 0 Å². The third kappa shape index (κ3) is 5.61. The van der Waals surface area contributed by atoms with Crippen molar-refractivity contribution in [3.8, 4) is 5.75 Å². The van der Waals surface area contributed by atoms with E-state index in [9.17, 15) is 4.79 Å². The Bertz CT molecular complexity index is 996. The quantitative estimate of drug-likeness (QED) is 0.515. The monoisotopic (exact) mass is 478 g/mol. The molecule has 6 heteroatoms. The number of hydrogen-bond acceptors (Lipinski definition) is 5. The minimum absolute atomic E-state index is 0.0586. The molecule has 2 aromatic carbocycles. The number of fused-ring (bicyclic) bond motifs is 2. The second-order valence-corrected chi connectivity index (χ2v) is 9.40. The van der Waals surface area contributed by atoms with Crippen LogP contribution in [0.1, 0.15) is 48.9 Å². The second-order valence-electron chi connectivity index (χ2n) is 9.40. The van der Waals surface area contributed by atoms with Gasteiger partial charge in [-0.25, -0.2) is 0 Å². The van der Waals surface area contributed by atoms with E-state index in [0.717, 1.165) is 38.2 Å². The van der Waals surface area contributed by atoms with Crippen LogP contribution in [0.25, 0.3) is 6.08 Å². The Labute approximate surface area is 209 Å². The number of nitrogens with one attached hydrogen (secondary N) is 1. The lowest BCUT2D eigenvalue weighted by Gasteiger charge is -2.44. The number of rotatable bonds is 10. The highest BCUT2D eigenvalue weighted by atomic mass is 16.5. The topological polar surface area (TPSA) is 60.0 Å². The van der Waals surface area contributed by atoms with E-state index < -0.39 is 0 Å². The lowest BCUT2D eigenvalue weighted by molar-refractivity contribution is -0.124. The largest absolute Gasteiger partial charge is 0.497 e. The summed E-state index contributed by atoms with van der Waals surface area (Å²) in [6.07, 6.45) is 6.76. The van der Waals surface area contributed by atoms with Gasteiger partial charge in [-0.1, -0.05) is 55.5 Å². The Balaban J connectivity index is 1.48. The Hall–Kier alpha value is -2.67. The number of nitrogens with zero attached hydrogens (tertiary/aromatic N) is 1. The fourth-order valence-corrected chi connectivity index (χ4v) is 5.54. The number of ether oxygens (including phenoxy) is 3. The molecule has 1 N–H and O–H groups in total. The first kappa shape index (κ1) is 25.4. The molecule has 1 heterocycles. The summed E-state index contributed by atoms with van der Waals surface area (Å²) >= 11 is 0. The molecule has 2 aliphatic rings. The minimum Gasteiger partial charge on any atom is -0.497 e. The van der Waals surface area contributed by atoms with Crippen LogP contribution in [0, 0.1) is 0 Å². The van der Waals surface area contributed by atoms with Gasteiger partial charge in [0.25, 0.3) is 0 Å². The van der Waals surface area contributed by atoms with E-state index in [1.54, 1.807) is 14.2 Å². The predicted molar refractivity (Wildman–Crippen MR) is 139 cm³/mol. The highest BCUT2D eigenvalue weighted by Gasteiger charge is 2.54. The zero-order valence-corrected chi connectivity index (χ0v) is 21.2. The standard InChI is InChI=1S/C29H38N2O4/c1-4-26(32)30-27-24-9-5-6-10-25(24)29(28(27)35-21-20-33-2)15-18-31(19-16-29)17-7-8-22-11-13-23(34-3)14-12-22/h5-14,27-28H,4,15-21H2,1-3H3,(H,30,32)/b8-7+/t27-,28+/m1/s1. The van der Waals surface area contributed by atoms with E-state index in [2.05, 4.69) is 58.8 Å². The number of methoxy groups -OCH3 is 2. The third-order valence-electron chi connectivity index (χ3n) is 7.44. The predicted octanol–water partition coefficient (Wildman–Crippen LogP) is 4.35. The SMILES string of the molecule is CCC(=O)N[C@@H]1c2ccccc2C2(CCN(C/C=C/c3ccc(OC)cc3)CC2)[C@H]1OCCOC. The summed E-state index contributed by atoms with van der Waals surface area (Å²) < 4.78 is 17.0. The first-order valence-electron chi connectivity index (χ1n) is 12.6. The maximum absolute atomic E-state index is 12.4. The van der Waals surface area contributed by atoms with Crippen molar-refractivity contribution >= 4 is 12.0 Å². The van der Waals surface area contributed by atoms with Crippen LogP contribution >= 0.6 is 0 Å². The van der Waals surface area contributed by atoms with Crippen molar-refractivity contribution in [1.29, 1.82) is 0 Å². The van der Waals surface area contributed by atoms with Gasteiger partial charge in [0.05, 0.1) is 32.5 Å². The zero-order valence-electron chi connectivity index (χ0n) is 21.2. The number of benzene rings is 2. The van der Waals surface area contributed by atoms with Gasteiger partial charge < -0.3 is 19.5 Å². The number of piperidine rings is 1. The molecule has 4 rings (SSSR count). The number of carbonyl (C=O) groups is 1. The van der Waals surface area contributed by atoms with Crippen LogP contribution < -0.4 is 10.1 Å². The number of hydrogen-bond donors (Lipinski definition) is 1. The molecule has 1 amide bonds. The summed E-state index contributed by atoms with van der Waals surface area (Å²) in [7, 11) is 3.38. The Kier molecular flexibility index (Phi) is 8.60. The van der Waals surface area contributed by atoms with Crippen molar-refractivity contribution < 1.29 is 19.0 Å². The average Bonchev–Trinajstić information content (AvgIpc) is 3.14. The average molecular weight is 479 g/mol. The van der Waals surface area contributed by atoms with E-state index in [4.69, 9.17) is 14.2 Å². The zero-order chi connectivity index (χ0) is 24.7. The van der Waals surface area contributed by atoms with Gasteiger partial charge >= 0.3 is 0 Å². The molecule has 0 aromatic heterocycles. The van der Waals surface area contributed by atoms with Gasteiger partial charge in [0.2, 0.25) is 5.91 Å². The fourth-order valence-electron chi connectivity index (χ4n) is 5.54. The molecule has 0 bridgehead atoms. The summed E-state index contributed by atoms with van der Waals surface area (Å²) in [6, 6.07) is 16.6. The highest BCUT2D eigenvalue weighted by molar-refractivity contribution is 5.76. The molecule has 1 saturated heterocycles. The summed E-state index contributed by atoms with van der Waals surface area (Å²) in [5.41, 5.74) is 3.60. The van der Waals surface area contributed by atoms with Crippen molar-refractivity contribution in [2.75, 3.05) is 47.1 Å². The first-order chi connectivity index (χ1) is 17.1. The Morgan fingerprint density at radius 3 is 2.51 bits per heavy atom. The van der Waals surface area contributed by atoms with Crippen LogP contribution in [0.15, 0.2) is 54.6 Å². The summed E-state index contributed by atoms with van der Waals surface area (Å²) in [6.45, 7) is 5.84. The molecule has 6 nitrogen and oxygen atoms in total. The second kappa shape index (κ2) is 11.8. The summed E-state index contributed by atoms with van der Waals surface area (Å²) in [5, 5.41) is 3.27. The van der Waals surface area contributed by atoms with Crippen molar-refractivity contribution in [3.63, 3.8) is 0 Å². The molecule has 35 heavy (non-hydrogen) atoms. The molecular formula is C29H38N2O4. The fraction of sp³-hybridized carbons (Fsp3) is 0.483.